The van der Waals surface area contributed by atoms with Gasteiger partial charge in [0.1, 0.15) is 6.04 Å². The van der Waals surface area contributed by atoms with Gasteiger partial charge >= 0.3 is 5.97 Å². The number of nitrogens with zero attached hydrogens (tertiary/aromatic N) is 3. The Hall–Kier alpha value is -2.43. The lowest BCUT2D eigenvalue weighted by atomic mass is 10.1. The summed E-state index contributed by atoms with van der Waals surface area (Å²) in [5, 5.41) is 20.8. The quantitative estimate of drug-likeness (QED) is 0.351. The van der Waals surface area contributed by atoms with Gasteiger partial charge in [-0.05, 0) is 37.6 Å². The Morgan fingerprint density at radius 3 is 3.00 bits per heavy atom. The van der Waals surface area contributed by atoms with Gasteiger partial charge in [-0.15, -0.1) is 0 Å². The Balaban J connectivity index is 2.28. The van der Waals surface area contributed by atoms with Gasteiger partial charge in [-0.3, -0.25) is 19.8 Å². The summed E-state index contributed by atoms with van der Waals surface area (Å²) in [6.45, 7) is 0.885. The summed E-state index contributed by atoms with van der Waals surface area (Å²) >= 11 is 5.90. The second-order valence-corrected chi connectivity index (χ2v) is 5.83. The SMILES string of the molecule is COC(=O)[C@@H]1CCCN1C/C(C#N)=C/c1cc(Cl)ccc1[N+](=O)[O-]. The molecule has 1 aliphatic rings. The van der Waals surface area contributed by atoms with Crippen molar-refractivity contribution in [3.8, 4) is 6.07 Å². The van der Waals surface area contributed by atoms with Gasteiger partial charge in [-0.25, -0.2) is 0 Å². The third kappa shape index (κ3) is 4.10. The number of benzene rings is 1. The fraction of sp³-hybridized carbons (Fsp3) is 0.375. The van der Waals surface area contributed by atoms with E-state index >= 15 is 0 Å². The zero-order chi connectivity index (χ0) is 17.7. The number of carbonyl (C=O) groups is 1. The first-order chi connectivity index (χ1) is 11.5. The smallest absolute Gasteiger partial charge is 0.323 e. The third-order valence-corrected chi connectivity index (χ3v) is 4.11. The average Bonchev–Trinajstić information content (AvgIpc) is 3.01. The van der Waals surface area contributed by atoms with E-state index in [1.165, 1.54) is 31.4 Å². The Morgan fingerprint density at radius 2 is 2.38 bits per heavy atom. The van der Waals surface area contributed by atoms with Crippen LogP contribution >= 0.6 is 11.6 Å². The predicted octanol–water partition coefficient (Wildman–Crippen LogP) is 2.79. The number of halogens is 1. The van der Waals surface area contributed by atoms with Crippen molar-refractivity contribution in [2.45, 2.75) is 18.9 Å². The van der Waals surface area contributed by atoms with Gasteiger partial charge in [0.25, 0.3) is 5.69 Å². The number of hydrogen-bond acceptors (Lipinski definition) is 6. The molecule has 1 fully saturated rings. The van der Waals surface area contributed by atoms with Crippen molar-refractivity contribution < 1.29 is 14.5 Å². The molecule has 1 heterocycles. The topological polar surface area (TPSA) is 96.5 Å². The molecule has 1 atom stereocenters. The monoisotopic (exact) mass is 349 g/mol. The maximum absolute atomic E-state index is 11.8. The van der Waals surface area contributed by atoms with E-state index in [-0.39, 0.29) is 29.8 Å². The molecular formula is C16H16ClN3O4. The number of ether oxygens (including phenoxy) is 1. The molecule has 0 aliphatic carbocycles. The number of methoxy groups -OCH3 is 1. The molecule has 1 aromatic carbocycles. The predicted molar refractivity (Wildman–Crippen MR) is 88.3 cm³/mol. The van der Waals surface area contributed by atoms with Crippen molar-refractivity contribution in [1.82, 2.24) is 4.90 Å². The molecule has 7 nitrogen and oxygen atoms in total. The Bertz CT molecular complexity index is 727. The van der Waals surface area contributed by atoms with Gasteiger partial charge < -0.3 is 4.74 Å². The molecule has 0 bridgehead atoms. The van der Waals surface area contributed by atoms with E-state index < -0.39 is 4.92 Å². The number of nitriles is 1. The van der Waals surface area contributed by atoms with Crippen molar-refractivity contribution in [3.05, 3.63) is 44.5 Å². The molecule has 126 valence electrons. The van der Waals surface area contributed by atoms with Crippen LogP contribution in [0.5, 0.6) is 0 Å². The lowest BCUT2D eigenvalue weighted by Crippen LogP contribution is -2.37. The highest BCUT2D eigenvalue weighted by Gasteiger charge is 2.31. The number of nitro groups is 1. The number of esters is 1. The fourth-order valence-electron chi connectivity index (χ4n) is 2.75. The molecule has 1 aliphatic heterocycles. The highest BCUT2D eigenvalue weighted by molar-refractivity contribution is 6.30. The standard InChI is InChI=1S/C16H16ClN3O4/c1-24-16(21)15-3-2-6-19(15)10-11(9-18)7-12-8-13(17)4-5-14(12)20(22)23/h4-5,7-8,15H,2-3,6,10H2,1H3/b11-7+/t15-/m0/s1. The van der Waals surface area contributed by atoms with E-state index in [0.29, 0.717) is 23.6 Å². The van der Waals surface area contributed by atoms with Crippen LogP contribution in [-0.4, -0.2) is 42.0 Å². The minimum atomic E-state index is -0.524. The molecule has 0 radical (unpaired) electrons. The van der Waals surface area contributed by atoms with Gasteiger partial charge in [0.05, 0.1) is 23.7 Å². The maximum atomic E-state index is 11.8. The van der Waals surface area contributed by atoms with Gasteiger partial charge in [0, 0.05) is 23.2 Å². The van der Waals surface area contributed by atoms with Crippen LogP contribution in [0.4, 0.5) is 5.69 Å². The van der Waals surface area contributed by atoms with Gasteiger partial charge in [-0.1, -0.05) is 11.6 Å². The average molecular weight is 350 g/mol. The summed E-state index contributed by atoms with van der Waals surface area (Å²) in [6, 6.07) is 5.83. The molecule has 0 spiro atoms. The zero-order valence-corrected chi connectivity index (χ0v) is 13.8. The van der Waals surface area contributed by atoms with Crippen LogP contribution in [0.2, 0.25) is 5.02 Å². The van der Waals surface area contributed by atoms with Crippen LogP contribution < -0.4 is 0 Å². The van der Waals surface area contributed by atoms with Gasteiger partial charge in [0.15, 0.2) is 0 Å². The number of carbonyl (C=O) groups excluding carboxylic acids is 1. The summed E-state index contributed by atoms with van der Waals surface area (Å²) in [5.41, 5.74) is 0.451. The van der Waals surface area contributed by atoms with E-state index in [9.17, 15) is 20.2 Å². The van der Waals surface area contributed by atoms with Crippen molar-refractivity contribution in [3.63, 3.8) is 0 Å². The largest absolute Gasteiger partial charge is 0.468 e. The number of nitro benzene ring substituents is 1. The second-order valence-electron chi connectivity index (χ2n) is 5.39. The first-order valence-corrected chi connectivity index (χ1v) is 7.70. The third-order valence-electron chi connectivity index (χ3n) is 3.87. The zero-order valence-electron chi connectivity index (χ0n) is 13.1. The van der Waals surface area contributed by atoms with Crippen LogP contribution in [-0.2, 0) is 9.53 Å². The van der Waals surface area contributed by atoms with Crippen LogP contribution in [0, 0.1) is 21.4 Å². The minimum Gasteiger partial charge on any atom is -0.468 e. The summed E-state index contributed by atoms with van der Waals surface area (Å²) in [6.07, 6.45) is 2.94. The van der Waals surface area contributed by atoms with E-state index in [4.69, 9.17) is 16.3 Å². The highest BCUT2D eigenvalue weighted by Crippen LogP contribution is 2.26. The molecule has 0 amide bonds. The lowest BCUT2D eigenvalue weighted by molar-refractivity contribution is -0.385. The van der Waals surface area contributed by atoms with E-state index in [1.54, 1.807) is 0 Å². The van der Waals surface area contributed by atoms with Crippen LogP contribution in [0.3, 0.4) is 0 Å². The molecule has 0 unspecified atom stereocenters. The number of rotatable bonds is 5. The van der Waals surface area contributed by atoms with Crippen molar-refractivity contribution >= 4 is 29.3 Å². The Kier molecular flexibility index (Phi) is 5.90. The van der Waals surface area contributed by atoms with E-state index in [2.05, 4.69) is 0 Å². The minimum absolute atomic E-state index is 0.127. The normalized spacial score (nSPS) is 18.2. The first-order valence-electron chi connectivity index (χ1n) is 7.32. The molecular weight excluding hydrogens is 334 g/mol. The number of likely N-dealkylation sites (tertiary alicyclic amines) is 1. The molecule has 0 saturated carbocycles. The summed E-state index contributed by atoms with van der Waals surface area (Å²) in [5.74, 6) is -0.335. The summed E-state index contributed by atoms with van der Waals surface area (Å²) in [7, 11) is 1.33. The fourth-order valence-corrected chi connectivity index (χ4v) is 2.93. The van der Waals surface area contributed by atoms with Gasteiger partial charge in [-0.2, -0.15) is 5.26 Å². The van der Waals surface area contributed by atoms with Crippen molar-refractivity contribution in [2.75, 3.05) is 20.2 Å². The first kappa shape index (κ1) is 17.9. The molecule has 0 aromatic heterocycles. The second kappa shape index (κ2) is 7.90. The van der Waals surface area contributed by atoms with Crippen LogP contribution in [0.15, 0.2) is 23.8 Å². The Labute approximate surface area is 144 Å². The molecule has 8 heteroatoms. The van der Waals surface area contributed by atoms with E-state index in [1.807, 2.05) is 11.0 Å². The molecule has 2 rings (SSSR count). The van der Waals surface area contributed by atoms with Crippen molar-refractivity contribution in [2.24, 2.45) is 0 Å². The number of hydrogen-bond donors (Lipinski definition) is 0. The highest BCUT2D eigenvalue weighted by atomic mass is 35.5. The maximum Gasteiger partial charge on any atom is 0.323 e. The molecule has 1 aromatic rings. The summed E-state index contributed by atoms with van der Waals surface area (Å²) < 4.78 is 4.77. The van der Waals surface area contributed by atoms with Crippen LogP contribution in [0.25, 0.3) is 6.08 Å². The van der Waals surface area contributed by atoms with E-state index in [0.717, 1.165) is 6.42 Å². The lowest BCUT2D eigenvalue weighted by Gasteiger charge is -2.21. The van der Waals surface area contributed by atoms with Gasteiger partial charge in [0.2, 0.25) is 0 Å². The molecule has 1 saturated heterocycles. The molecule has 0 N–H and O–H groups in total. The van der Waals surface area contributed by atoms with Crippen molar-refractivity contribution in [1.29, 1.82) is 5.26 Å². The summed E-state index contributed by atoms with van der Waals surface area (Å²) in [4.78, 5) is 24.2. The van der Waals surface area contributed by atoms with Crippen LogP contribution in [0.1, 0.15) is 18.4 Å². The Morgan fingerprint density at radius 1 is 1.62 bits per heavy atom. The molecule has 24 heavy (non-hydrogen) atoms.